The van der Waals surface area contributed by atoms with Gasteiger partial charge in [-0.25, -0.2) is 18.2 Å². The van der Waals surface area contributed by atoms with Crippen molar-refractivity contribution in [2.45, 2.75) is 13.3 Å². The van der Waals surface area contributed by atoms with Crippen LogP contribution in [-0.4, -0.2) is 69.9 Å². The third-order valence-electron chi connectivity index (χ3n) is 4.39. The number of aliphatic imine (C=N–C) groups is 1. The maximum atomic E-state index is 13.7. The van der Waals surface area contributed by atoms with Gasteiger partial charge in [0, 0.05) is 32.7 Å². The highest BCUT2D eigenvalue weighted by atomic mass is 19.2. The number of rotatable bonds is 9. The van der Waals surface area contributed by atoms with Gasteiger partial charge in [0.05, 0.1) is 25.5 Å². The van der Waals surface area contributed by atoms with Crippen molar-refractivity contribution in [1.82, 2.24) is 10.2 Å². The largest absolute Gasteiger partial charge is 0.382 e. The number of nitrogens with one attached hydrogen (secondary N) is 2. The Bertz CT molecular complexity index is 718. The van der Waals surface area contributed by atoms with Crippen LogP contribution in [0.3, 0.4) is 0 Å². The van der Waals surface area contributed by atoms with Crippen LogP contribution in [0.5, 0.6) is 0 Å². The molecule has 0 aliphatic carbocycles. The lowest BCUT2D eigenvalue weighted by atomic mass is 10.1. The zero-order valence-electron chi connectivity index (χ0n) is 16.6. The van der Waals surface area contributed by atoms with E-state index >= 15 is 0 Å². The quantitative estimate of drug-likeness (QED) is 0.279. The first-order chi connectivity index (χ1) is 14.0. The molecule has 1 aliphatic rings. The Morgan fingerprint density at radius 3 is 2.79 bits per heavy atom. The first-order valence-electron chi connectivity index (χ1n) is 9.49. The van der Waals surface area contributed by atoms with Crippen LogP contribution in [-0.2, 0) is 14.3 Å². The van der Waals surface area contributed by atoms with Gasteiger partial charge in [-0.1, -0.05) is 0 Å². The van der Waals surface area contributed by atoms with Crippen molar-refractivity contribution in [2.75, 3.05) is 58.4 Å². The number of benzene rings is 1. The number of guanidine groups is 1. The van der Waals surface area contributed by atoms with Crippen LogP contribution >= 0.6 is 0 Å². The SMILES string of the molecule is CCNC(=NCC(=O)Nc1ccc(F)c(F)c1F)N1CCC(COCCOC)C1. The van der Waals surface area contributed by atoms with Crippen molar-refractivity contribution in [2.24, 2.45) is 10.9 Å². The molecule has 1 heterocycles. The van der Waals surface area contributed by atoms with Crippen LogP contribution in [0.15, 0.2) is 17.1 Å². The standard InChI is InChI=1S/C19H27F3N4O3/c1-3-23-19(26-7-6-13(11-26)12-29-9-8-28-2)24-10-16(27)25-15-5-4-14(20)17(21)18(15)22/h4-5,13H,3,6-12H2,1-2H3,(H,23,24)(H,25,27). The number of carbonyl (C=O) groups excluding carboxylic acids is 1. The number of hydrogen-bond donors (Lipinski definition) is 2. The molecule has 162 valence electrons. The molecule has 0 radical (unpaired) electrons. The molecule has 1 aromatic rings. The number of carbonyl (C=O) groups is 1. The van der Waals surface area contributed by atoms with E-state index in [0.717, 1.165) is 31.6 Å². The molecule has 0 aromatic heterocycles. The monoisotopic (exact) mass is 416 g/mol. The number of anilines is 1. The smallest absolute Gasteiger partial charge is 0.246 e. The van der Waals surface area contributed by atoms with Gasteiger partial charge < -0.3 is 25.0 Å². The van der Waals surface area contributed by atoms with Crippen LogP contribution in [0.1, 0.15) is 13.3 Å². The molecule has 1 atom stereocenters. The van der Waals surface area contributed by atoms with Gasteiger partial charge in [0.15, 0.2) is 23.4 Å². The molecule has 0 saturated carbocycles. The Hall–Kier alpha value is -2.33. The second-order valence-corrected chi connectivity index (χ2v) is 6.61. The topological polar surface area (TPSA) is 75.2 Å². The van der Waals surface area contributed by atoms with Gasteiger partial charge in [-0.05, 0) is 25.5 Å². The number of methoxy groups -OCH3 is 1. The van der Waals surface area contributed by atoms with Crippen molar-refractivity contribution in [3.63, 3.8) is 0 Å². The van der Waals surface area contributed by atoms with Crippen LogP contribution in [0.2, 0.25) is 0 Å². The molecular weight excluding hydrogens is 389 g/mol. The minimum atomic E-state index is -1.63. The average molecular weight is 416 g/mol. The lowest BCUT2D eigenvalue weighted by Crippen LogP contribution is -2.40. The van der Waals surface area contributed by atoms with E-state index in [4.69, 9.17) is 9.47 Å². The van der Waals surface area contributed by atoms with E-state index in [-0.39, 0.29) is 6.54 Å². The van der Waals surface area contributed by atoms with Crippen LogP contribution in [0, 0.1) is 23.4 Å². The van der Waals surface area contributed by atoms with E-state index in [1.807, 2.05) is 11.8 Å². The molecule has 2 N–H and O–H groups in total. The number of halogens is 3. The van der Waals surface area contributed by atoms with Gasteiger partial charge in [0.2, 0.25) is 5.91 Å². The molecule has 1 unspecified atom stereocenters. The summed E-state index contributed by atoms with van der Waals surface area (Å²) < 4.78 is 50.4. The second kappa shape index (κ2) is 11.6. The van der Waals surface area contributed by atoms with E-state index in [1.54, 1.807) is 7.11 Å². The second-order valence-electron chi connectivity index (χ2n) is 6.61. The van der Waals surface area contributed by atoms with E-state index in [0.29, 0.717) is 38.2 Å². The Morgan fingerprint density at radius 2 is 2.07 bits per heavy atom. The predicted molar refractivity (Wildman–Crippen MR) is 103 cm³/mol. The molecule has 7 nitrogen and oxygen atoms in total. The zero-order chi connectivity index (χ0) is 21.2. The van der Waals surface area contributed by atoms with E-state index in [9.17, 15) is 18.0 Å². The van der Waals surface area contributed by atoms with Gasteiger partial charge in [0.1, 0.15) is 6.54 Å². The lowest BCUT2D eigenvalue weighted by molar-refractivity contribution is -0.114. The number of hydrogen-bond acceptors (Lipinski definition) is 4. The highest BCUT2D eigenvalue weighted by molar-refractivity contribution is 5.94. The van der Waals surface area contributed by atoms with Crippen molar-refractivity contribution in [3.05, 3.63) is 29.6 Å². The number of amides is 1. The third kappa shape index (κ3) is 6.90. The fourth-order valence-electron chi connectivity index (χ4n) is 2.94. The Morgan fingerprint density at radius 1 is 1.28 bits per heavy atom. The summed E-state index contributed by atoms with van der Waals surface area (Å²) in [4.78, 5) is 18.4. The van der Waals surface area contributed by atoms with Gasteiger partial charge in [-0.3, -0.25) is 4.79 Å². The molecule has 1 aromatic carbocycles. The molecule has 10 heteroatoms. The lowest BCUT2D eigenvalue weighted by Gasteiger charge is -2.21. The van der Waals surface area contributed by atoms with Gasteiger partial charge >= 0.3 is 0 Å². The minimum Gasteiger partial charge on any atom is -0.382 e. The van der Waals surface area contributed by atoms with Crippen molar-refractivity contribution in [1.29, 1.82) is 0 Å². The Balaban J connectivity index is 1.90. The summed E-state index contributed by atoms with van der Waals surface area (Å²) in [6, 6.07) is 1.72. The summed E-state index contributed by atoms with van der Waals surface area (Å²) in [5.41, 5.74) is -0.427. The molecule has 1 fully saturated rings. The Labute approximate surface area is 168 Å². The number of likely N-dealkylation sites (tertiary alicyclic amines) is 1. The maximum absolute atomic E-state index is 13.7. The third-order valence-corrected chi connectivity index (χ3v) is 4.39. The van der Waals surface area contributed by atoms with Crippen LogP contribution in [0.25, 0.3) is 0 Å². The maximum Gasteiger partial charge on any atom is 0.246 e. The highest BCUT2D eigenvalue weighted by Gasteiger charge is 2.25. The summed E-state index contributed by atoms with van der Waals surface area (Å²) in [5.74, 6) is -4.11. The highest BCUT2D eigenvalue weighted by Crippen LogP contribution is 2.20. The normalized spacial score (nSPS) is 16.9. The van der Waals surface area contributed by atoms with E-state index in [1.165, 1.54) is 0 Å². The fourth-order valence-corrected chi connectivity index (χ4v) is 2.94. The molecular formula is C19H27F3N4O3. The molecule has 1 amide bonds. The summed E-state index contributed by atoms with van der Waals surface area (Å²) in [7, 11) is 1.62. The van der Waals surface area contributed by atoms with E-state index < -0.39 is 29.0 Å². The van der Waals surface area contributed by atoms with Crippen LogP contribution in [0.4, 0.5) is 18.9 Å². The first kappa shape index (κ1) is 23.0. The van der Waals surface area contributed by atoms with Crippen molar-refractivity contribution < 1.29 is 27.4 Å². The average Bonchev–Trinajstić information content (AvgIpc) is 3.17. The van der Waals surface area contributed by atoms with Crippen molar-refractivity contribution in [3.8, 4) is 0 Å². The number of ether oxygens (including phenoxy) is 2. The molecule has 0 bridgehead atoms. The fraction of sp³-hybridized carbons (Fsp3) is 0.579. The van der Waals surface area contributed by atoms with Gasteiger partial charge in [-0.2, -0.15) is 0 Å². The molecule has 29 heavy (non-hydrogen) atoms. The minimum absolute atomic E-state index is 0.285. The van der Waals surface area contributed by atoms with Gasteiger partial charge in [-0.15, -0.1) is 0 Å². The molecule has 1 saturated heterocycles. The first-order valence-corrected chi connectivity index (χ1v) is 9.49. The summed E-state index contributed by atoms with van der Waals surface area (Å²) in [6.45, 7) is 5.46. The zero-order valence-corrected chi connectivity index (χ0v) is 16.6. The van der Waals surface area contributed by atoms with Crippen molar-refractivity contribution >= 4 is 17.6 Å². The van der Waals surface area contributed by atoms with E-state index in [2.05, 4.69) is 15.6 Å². The molecule has 2 rings (SSSR count). The molecule has 1 aliphatic heterocycles. The van der Waals surface area contributed by atoms with Gasteiger partial charge in [0.25, 0.3) is 0 Å². The number of nitrogens with zero attached hydrogens (tertiary/aromatic N) is 2. The molecule has 0 spiro atoms. The van der Waals surface area contributed by atoms with Crippen LogP contribution < -0.4 is 10.6 Å². The predicted octanol–water partition coefficient (Wildman–Crippen LogP) is 1.99. The summed E-state index contributed by atoms with van der Waals surface area (Å²) >= 11 is 0. The Kier molecular flexibility index (Phi) is 9.20. The summed E-state index contributed by atoms with van der Waals surface area (Å²) in [5, 5.41) is 5.33. The summed E-state index contributed by atoms with van der Waals surface area (Å²) in [6.07, 6.45) is 0.934.